The Morgan fingerprint density at radius 2 is 1.88 bits per heavy atom. The Morgan fingerprint density at radius 1 is 1.09 bits per heavy atom. The third-order valence-electron chi connectivity index (χ3n) is 6.57. The second kappa shape index (κ2) is 9.84. The summed E-state index contributed by atoms with van der Waals surface area (Å²) in [6.45, 7) is 8.50. The van der Waals surface area contributed by atoms with Crippen LogP contribution in [0.2, 0.25) is 5.02 Å². The maximum atomic E-state index is 6.34. The van der Waals surface area contributed by atoms with Crippen LogP contribution in [-0.4, -0.2) is 51.6 Å². The maximum Gasteiger partial charge on any atom is 0.170 e. The third-order valence-corrected chi connectivity index (χ3v) is 7.16. The normalized spacial score (nSPS) is 18.3. The van der Waals surface area contributed by atoms with E-state index in [1.165, 1.54) is 22.5 Å². The van der Waals surface area contributed by atoms with Crippen LogP contribution < -0.4 is 5.32 Å². The van der Waals surface area contributed by atoms with Crippen LogP contribution in [0, 0.1) is 20.8 Å². The second-order valence-corrected chi connectivity index (χ2v) is 9.82. The first kappa shape index (κ1) is 23.7. The van der Waals surface area contributed by atoms with Gasteiger partial charge in [-0.15, -0.1) is 0 Å². The number of hydrogen-bond donors (Lipinski definition) is 1. The molecule has 0 radical (unpaired) electrons. The molecule has 1 N–H and O–H groups in total. The fourth-order valence-electron chi connectivity index (χ4n) is 4.96. The number of halogens is 1. The molecule has 1 aliphatic rings. The summed E-state index contributed by atoms with van der Waals surface area (Å²) < 4.78 is 2.31. The van der Waals surface area contributed by atoms with Crippen LogP contribution in [0.5, 0.6) is 0 Å². The van der Waals surface area contributed by atoms with E-state index in [-0.39, 0.29) is 12.1 Å². The van der Waals surface area contributed by atoms with E-state index in [1.54, 1.807) is 0 Å². The molecule has 2 atom stereocenters. The molecule has 0 saturated carbocycles. The largest absolute Gasteiger partial charge is 0.352 e. The third kappa shape index (κ3) is 4.65. The molecular weight excluding hydrogens is 450 g/mol. The minimum atomic E-state index is -0.00920. The van der Waals surface area contributed by atoms with Gasteiger partial charge >= 0.3 is 0 Å². The number of hydrogen-bond acceptors (Lipinski definition) is 3. The van der Waals surface area contributed by atoms with Crippen LogP contribution >= 0.6 is 23.8 Å². The standard InChI is InChI=1S/C26H32ClN5S/c1-17-18(2)32(21-11-8-10-20(27)16-21)19(3)23(17)25-24(22-12-6-7-13-28-22)29-26(33)31(25)15-9-14-30(4)5/h6-8,10-13,16,24-25H,9,14-15H2,1-5H3,(H,29,33). The van der Waals surface area contributed by atoms with Crippen molar-refractivity contribution in [3.05, 3.63) is 81.9 Å². The molecule has 1 saturated heterocycles. The van der Waals surface area contributed by atoms with Crippen LogP contribution in [0.25, 0.3) is 5.69 Å². The Morgan fingerprint density at radius 3 is 2.55 bits per heavy atom. The van der Waals surface area contributed by atoms with Gasteiger partial charge in [0, 0.05) is 40.4 Å². The van der Waals surface area contributed by atoms with E-state index in [0.717, 1.165) is 41.0 Å². The summed E-state index contributed by atoms with van der Waals surface area (Å²) in [6.07, 6.45) is 2.89. The molecule has 3 heterocycles. The van der Waals surface area contributed by atoms with Crippen LogP contribution in [0.1, 0.15) is 46.7 Å². The van der Waals surface area contributed by atoms with Gasteiger partial charge in [0.25, 0.3) is 0 Å². The lowest BCUT2D eigenvalue weighted by molar-refractivity contribution is 0.291. The quantitative estimate of drug-likeness (QED) is 0.459. The number of thiocarbonyl (C=S) groups is 1. The van der Waals surface area contributed by atoms with Crippen molar-refractivity contribution < 1.29 is 0 Å². The first-order valence-electron chi connectivity index (χ1n) is 11.4. The van der Waals surface area contributed by atoms with Gasteiger partial charge < -0.3 is 19.7 Å². The summed E-state index contributed by atoms with van der Waals surface area (Å²) in [5.41, 5.74) is 7.10. The van der Waals surface area contributed by atoms with Crippen molar-refractivity contribution in [2.45, 2.75) is 39.3 Å². The van der Waals surface area contributed by atoms with Gasteiger partial charge in [-0.2, -0.15) is 0 Å². The molecule has 1 aromatic carbocycles. The highest BCUT2D eigenvalue weighted by Crippen LogP contribution is 2.43. The Balaban J connectivity index is 1.83. The fraction of sp³-hybridized carbons (Fsp3) is 0.385. The van der Waals surface area contributed by atoms with Crippen molar-refractivity contribution in [3.8, 4) is 5.69 Å². The molecular formula is C26H32ClN5S. The van der Waals surface area contributed by atoms with Crippen LogP contribution in [-0.2, 0) is 0 Å². The predicted molar refractivity (Wildman–Crippen MR) is 140 cm³/mol. The molecule has 2 aromatic heterocycles. The van der Waals surface area contributed by atoms with Crippen molar-refractivity contribution in [3.63, 3.8) is 0 Å². The van der Waals surface area contributed by atoms with Gasteiger partial charge in [0.1, 0.15) is 0 Å². The van der Waals surface area contributed by atoms with E-state index in [2.05, 4.69) is 66.7 Å². The Bertz CT molecular complexity index is 1140. The van der Waals surface area contributed by atoms with E-state index in [9.17, 15) is 0 Å². The SMILES string of the molecule is Cc1c(C2C(c3ccccn3)NC(=S)N2CCCN(C)C)c(C)n(-c2cccc(Cl)c2)c1C. The highest BCUT2D eigenvalue weighted by atomic mass is 35.5. The monoisotopic (exact) mass is 481 g/mol. The number of nitrogens with one attached hydrogen (secondary N) is 1. The minimum absolute atomic E-state index is 0.00920. The molecule has 5 nitrogen and oxygen atoms in total. The molecule has 0 spiro atoms. The van der Waals surface area contributed by atoms with Gasteiger partial charge in [-0.1, -0.05) is 23.7 Å². The number of benzene rings is 1. The molecule has 174 valence electrons. The maximum absolute atomic E-state index is 6.34. The molecule has 0 aliphatic carbocycles. The molecule has 1 aliphatic heterocycles. The van der Waals surface area contributed by atoms with Crippen molar-refractivity contribution in [2.24, 2.45) is 0 Å². The summed E-state index contributed by atoms with van der Waals surface area (Å²) >= 11 is 12.2. The first-order valence-corrected chi connectivity index (χ1v) is 12.2. The van der Waals surface area contributed by atoms with Crippen LogP contribution in [0.4, 0.5) is 0 Å². The lowest BCUT2D eigenvalue weighted by atomic mass is 9.93. The zero-order valence-corrected chi connectivity index (χ0v) is 21.5. The average molecular weight is 482 g/mol. The van der Waals surface area contributed by atoms with Crippen molar-refractivity contribution in [1.29, 1.82) is 0 Å². The number of nitrogens with zero attached hydrogens (tertiary/aromatic N) is 4. The van der Waals surface area contributed by atoms with Crippen LogP contribution in [0.3, 0.4) is 0 Å². The van der Waals surface area contributed by atoms with E-state index in [4.69, 9.17) is 28.8 Å². The molecule has 1 fully saturated rings. The Labute approximate surface area is 207 Å². The molecule has 3 aromatic rings. The first-order chi connectivity index (χ1) is 15.8. The second-order valence-electron chi connectivity index (χ2n) is 9.00. The number of aromatic nitrogens is 2. The zero-order chi connectivity index (χ0) is 23.7. The molecule has 7 heteroatoms. The van der Waals surface area contributed by atoms with E-state index >= 15 is 0 Å². The lowest BCUT2D eigenvalue weighted by Crippen LogP contribution is -2.32. The van der Waals surface area contributed by atoms with E-state index < -0.39 is 0 Å². The Kier molecular flexibility index (Phi) is 7.07. The smallest absolute Gasteiger partial charge is 0.170 e. The number of pyridine rings is 1. The molecule has 33 heavy (non-hydrogen) atoms. The topological polar surface area (TPSA) is 36.3 Å². The highest BCUT2D eigenvalue weighted by molar-refractivity contribution is 7.80. The summed E-state index contributed by atoms with van der Waals surface area (Å²) in [6, 6.07) is 14.2. The zero-order valence-electron chi connectivity index (χ0n) is 20.0. The van der Waals surface area contributed by atoms with E-state index in [0.29, 0.717) is 0 Å². The van der Waals surface area contributed by atoms with Gasteiger partial charge in [0.15, 0.2) is 5.11 Å². The van der Waals surface area contributed by atoms with Crippen molar-refractivity contribution in [1.82, 2.24) is 24.7 Å². The van der Waals surface area contributed by atoms with Gasteiger partial charge in [-0.3, -0.25) is 4.98 Å². The summed E-state index contributed by atoms with van der Waals surface area (Å²) in [7, 11) is 4.22. The predicted octanol–water partition coefficient (Wildman–Crippen LogP) is 5.38. The van der Waals surface area contributed by atoms with Gasteiger partial charge in [0.2, 0.25) is 0 Å². The molecule has 2 unspecified atom stereocenters. The average Bonchev–Trinajstić information content (AvgIpc) is 3.21. The number of rotatable bonds is 7. The van der Waals surface area contributed by atoms with Crippen molar-refractivity contribution in [2.75, 3.05) is 27.2 Å². The van der Waals surface area contributed by atoms with Crippen LogP contribution in [0.15, 0.2) is 48.7 Å². The molecule has 0 amide bonds. The van der Waals surface area contributed by atoms with Gasteiger partial charge in [-0.25, -0.2) is 0 Å². The van der Waals surface area contributed by atoms with Crippen molar-refractivity contribution >= 4 is 28.9 Å². The molecule has 4 rings (SSSR count). The summed E-state index contributed by atoms with van der Waals surface area (Å²) in [5, 5.41) is 5.12. The van der Waals surface area contributed by atoms with Gasteiger partial charge in [0.05, 0.1) is 17.8 Å². The van der Waals surface area contributed by atoms with E-state index in [1.807, 2.05) is 36.5 Å². The highest BCUT2D eigenvalue weighted by Gasteiger charge is 2.42. The summed E-state index contributed by atoms with van der Waals surface area (Å²) in [4.78, 5) is 9.26. The Hall–Kier alpha value is -2.41. The summed E-state index contributed by atoms with van der Waals surface area (Å²) in [5.74, 6) is 0. The fourth-order valence-corrected chi connectivity index (χ4v) is 5.48. The van der Waals surface area contributed by atoms with Gasteiger partial charge in [-0.05, 0) is 95.9 Å². The minimum Gasteiger partial charge on any atom is -0.352 e. The molecule has 0 bridgehead atoms. The lowest BCUT2D eigenvalue weighted by Gasteiger charge is -2.29.